The average molecular weight is 364 g/mol. The third-order valence-corrected chi connectivity index (χ3v) is 5.83. The molecular formula is C26H24N2. The largest absolute Gasteiger partial charge is 0.297 e. The van der Waals surface area contributed by atoms with Gasteiger partial charge in [-0.2, -0.15) is 0 Å². The van der Waals surface area contributed by atoms with Gasteiger partial charge in [0, 0.05) is 25.8 Å². The molecule has 2 aromatic carbocycles. The van der Waals surface area contributed by atoms with Gasteiger partial charge in [0.05, 0.1) is 5.69 Å². The molecule has 2 aliphatic rings. The molecule has 138 valence electrons. The van der Waals surface area contributed by atoms with Crippen molar-refractivity contribution in [2.24, 2.45) is 0 Å². The molecule has 0 amide bonds. The Morgan fingerprint density at radius 2 is 1.32 bits per heavy atom. The summed E-state index contributed by atoms with van der Waals surface area (Å²) in [7, 11) is 0. The zero-order valence-electron chi connectivity index (χ0n) is 16.0. The smallest absolute Gasteiger partial charge is 0.0543 e. The summed E-state index contributed by atoms with van der Waals surface area (Å²) in [4.78, 5) is 7.02. The normalized spacial score (nSPS) is 16.4. The molecule has 0 N–H and O–H groups in total. The zero-order valence-corrected chi connectivity index (χ0v) is 16.0. The van der Waals surface area contributed by atoms with E-state index >= 15 is 0 Å². The summed E-state index contributed by atoms with van der Waals surface area (Å²) in [5, 5.41) is 0. The number of nitrogens with zero attached hydrogens (tertiary/aromatic N) is 2. The Labute approximate surface area is 166 Å². The molecular weight excluding hydrogens is 340 g/mol. The van der Waals surface area contributed by atoms with Gasteiger partial charge in [-0.25, -0.2) is 0 Å². The molecule has 28 heavy (non-hydrogen) atoms. The number of fused-ring (bicyclic) bond motifs is 2. The first-order valence-electron chi connectivity index (χ1n) is 10.1. The zero-order chi connectivity index (χ0) is 18.8. The van der Waals surface area contributed by atoms with Gasteiger partial charge in [-0.1, -0.05) is 72.3 Å². The van der Waals surface area contributed by atoms with Crippen molar-refractivity contribution in [2.45, 2.75) is 19.4 Å². The molecule has 0 bridgehead atoms. The van der Waals surface area contributed by atoms with Crippen molar-refractivity contribution in [1.29, 1.82) is 0 Å². The Bertz CT molecular complexity index is 985. The highest BCUT2D eigenvalue weighted by molar-refractivity contribution is 5.94. The molecule has 1 aromatic heterocycles. The molecule has 0 saturated carbocycles. The Kier molecular flexibility index (Phi) is 4.64. The van der Waals surface area contributed by atoms with Gasteiger partial charge in [0.1, 0.15) is 0 Å². The molecule has 0 unspecified atom stereocenters. The van der Waals surface area contributed by atoms with Crippen LogP contribution in [-0.4, -0.2) is 23.0 Å². The topological polar surface area (TPSA) is 16.1 Å². The highest BCUT2D eigenvalue weighted by atomic mass is 15.1. The quantitative estimate of drug-likeness (QED) is 0.456. The second-order valence-electron chi connectivity index (χ2n) is 7.58. The van der Waals surface area contributed by atoms with E-state index in [0.29, 0.717) is 0 Å². The van der Waals surface area contributed by atoms with Gasteiger partial charge in [0.25, 0.3) is 0 Å². The van der Waals surface area contributed by atoms with E-state index in [-0.39, 0.29) is 0 Å². The van der Waals surface area contributed by atoms with Gasteiger partial charge in [0.15, 0.2) is 0 Å². The lowest BCUT2D eigenvalue weighted by Gasteiger charge is -2.30. The van der Waals surface area contributed by atoms with E-state index in [9.17, 15) is 0 Å². The maximum absolute atomic E-state index is 4.49. The van der Waals surface area contributed by atoms with Gasteiger partial charge in [-0.3, -0.25) is 9.88 Å². The van der Waals surface area contributed by atoms with Crippen LogP contribution in [0.15, 0.2) is 78.5 Å². The molecule has 3 aromatic rings. The third kappa shape index (κ3) is 3.32. The van der Waals surface area contributed by atoms with Gasteiger partial charge in [-0.15, -0.1) is 0 Å². The van der Waals surface area contributed by atoms with Crippen LogP contribution < -0.4 is 0 Å². The molecule has 2 heterocycles. The standard InChI is InChI=1S/C26H24N2/c1-3-10-24-20(7-1)12-13-21-8-2-4-11-25(21)26(24)22-14-17-28(18-15-22)19-23-9-5-6-16-27-23/h1-13,16H,14-15,17-19H2. The minimum Gasteiger partial charge on any atom is -0.297 e. The molecule has 1 fully saturated rings. The summed E-state index contributed by atoms with van der Waals surface area (Å²) >= 11 is 0. The van der Waals surface area contributed by atoms with E-state index in [1.165, 1.54) is 27.8 Å². The van der Waals surface area contributed by atoms with Crippen molar-refractivity contribution in [3.63, 3.8) is 0 Å². The number of likely N-dealkylation sites (tertiary alicyclic amines) is 1. The van der Waals surface area contributed by atoms with Crippen LogP contribution in [0.25, 0.3) is 17.7 Å². The molecule has 2 nitrogen and oxygen atoms in total. The van der Waals surface area contributed by atoms with E-state index in [4.69, 9.17) is 0 Å². The highest BCUT2D eigenvalue weighted by Gasteiger charge is 2.22. The van der Waals surface area contributed by atoms with Crippen LogP contribution in [0.4, 0.5) is 0 Å². The molecule has 0 spiro atoms. The van der Waals surface area contributed by atoms with Crippen LogP contribution >= 0.6 is 0 Å². The second kappa shape index (κ2) is 7.57. The summed E-state index contributed by atoms with van der Waals surface area (Å²) < 4.78 is 0. The molecule has 1 saturated heterocycles. The number of rotatable bonds is 2. The average Bonchev–Trinajstić information content (AvgIpc) is 2.92. The first kappa shape index (κ1) is 17.2. The van der Waals surface area contributed by atoms with Gasteiger partial charge in [-0.05, 0) is 52.8 Å². The summed E-state index contributed by atoms with van der Waals surface area (Å²) in [6.07, 6.45) is 8.64. The van der Waals surface area contributed by atoms with Crippen molar-refractivity contribution < 1.29 is 0 Å². The van der Waals surface area contributed by atoms with Crippen LogP contribution in [0.5, 0.6) is 0 Å². The lowest BCUT2D eigenvalue weighted by Crippen LogP contribution is -2.31. The first-order valence-corrected chi connectivity index (χ1v) is 10.1. The van der Waals surface area contributed by atoms with E-state index in [1.807, 2.05) is 12.3 Å². The SMILES string of the molecule is C1=Cc2ccccc2C(=C2CCN(Cc3ccccn3)CC2)c2ccccc21. The van der Waals surface area contributed by atoms with Gasteiger partial charge < -0.3 is 0 Å². The fourth-order valence-electron chi connectivity index (χ4n) is 4.40. The maximum Gasteiger partial charge on any atom is 0.0543 e. The number of benzene rings is 2. The van der Waals surface area contributed by atoms with Crippen molar-refractivity contribution in [3.8, 4) is 0 Å². The van der Waals surface area contributed by atoms with E-state index in [1.54, 1.807) is 5.57 Å². The Hall–Kier alpha value is -2.97. The number of piperidine rings is 1. The summed E-state index contributed by atoms with van der Waals surface area (Å²) in [6, 6.07) is 23.8. The Morgan fingerprint density at radius 1 is 0.714 bits per heavy atom. The van der Waals surface area contributed by atoms with Crippen LogP contribution in [0, 0.1) is 0 Å². The second-order valence-corrected chi connectivity index (χ2v) is 7.58. The lowest BCUT2D eigenvalue weighted by atomic mass is 9.86. The first-order chi connectivity index (χ1) is 13.9. The summed E-state index contributed by atoms with van der Waals surface area (Å²) in [5.74, 6) is 0. The fraction of sp³-hybridized carbons (Fsp3) is 0.192. The number of hydrogen-bond donors (Lipinski definition) is 0. The predicted octanol–water partition coefficient (Wildman–Crippen LogP) is 5.66. The van der Waals surface area contributed by atoms with E-state index < -0.39 is 0 Å². The maximum atomic E-state index is 4.49. The third-order valence-electron chi connectivity index (χ3n) is 5.83. The summed E-state index contributed by atoms with van der Waals surface area (Å²) in [6.45, 7) is 3.12. The molecule has 1 aliphatic heterocycles. The molecule has 5 rings (SSSR count). The van der Waals surface area contributed by atoms with Crippen LogP contribution in [0.2, 0.25) is 0 Å². The van der Waals surface area contributed by atoms with Crippen molar-refractivity contribution in [2.75, 3.05) is 13.1 Å². The van der Waals surface area contributed by atoms with Gasteiger partial charge in [0.2, 0.25) is 0 Å². The number of hydrogen-bond acceptors (Lipinski definition) is 2. The van der Waals surface area contributed by atoms with Crippen LogP contribution in [0.3, 0.4) is 0 Å². The van der Waals surface area contributed by atoms with Crippen LogP contribution in [0.1, 0.15) is 40.8 Å². The minimum atomic E-state index is 0.943. The molecule has 1 aliphatic carbocycles. The summed E-state index contributed by atoms with van der Waals surface area (Å²) in [5.41, 5.74) is 9.57. The molecule has 2 heteroatoms. The van der Waals surface area contributed by atoms with Crippen LogP contribution in [-0.2, 0) is 6.54 Å². The van der Waals surface area contributed by atoms with E-state index in [0.717, 1.165) is 38.2 Å². The number of aromatic nitrogens is 1. The minimum absolute atomic E-state index is 0.943. The highest BCUT2D eigenvalue weighted by Crippen LogP contribution is 2.38. The van der Waals surface area contributed by atoms with Gasteiger partial charge >= 0.3 is 0 Å². The van der Waals surface area contributed by atoms with Crippen molar-refractivity contribution >= 4 is 17.7 Å². The van der Waals surface area contributed by atoms with E-state index in [2.05, 4.69) is 82.7 Å². The molecule has 0 radical (unpaired) electrons. The van der Waals surface area contributed by atoms with Crippen molar-refractivity contribution in [3.05, 3.63) is 106 Å². The Balaban J connectivity index is 1.49. The monoisotopic (exact) mass is 364 g/mol. The number of pyridine rings is 1. The predicted molar refractivity (Wildman–Crippen MR) is 117 cm³/mol. The lowest BCUT2D eigenvalue weighted by molar-refractivity contribution is 0.246. The fourth-order valence-corrected chi connectivity index (χ4v) is 4.40. The molecule has 0 atom stereocenters. The Morgan fingerprint density at radius 3 is 1.93 bits per heavy atom. The van der Waals surface area contributed by atoms with Crippen molar-refractivity contribution in [1.82, 2.24) is 9.88 Å².